The van der Waals surface area contributed by atoms with Crippen LogP contribution < -0.4 is 0 Å². The van der Waals surface area contributed by atoms with Gasteiger partial charge < -0.3 is 5.11 Å². The van der Waals surface area contributed by atoms with Gasteiger partial charge in [0.1, 0.15) is 5.60 Å². The first-order valence-electron chi connectivity index (χ1n) is 4.59. The van der Waals surface area contributed by atoms with E-state index in [1.54, 1.807) is 12.4 Å². The molecule has 1 aromatic heterocycles. The third kappa shape index (κ3) is 1.75. The van der Waals surface area contributed by atoms with Crippen LogP contribution in [0.25, 0.3) is 0 Å². The number of rotatable bonds is 1. The van der Waals surface area contributed by atoms with Gasteiger partial charge in [-0.15, -0.1) is 0 Å². The fraction of sp³-hybridized carbons (Fsp3) is 0.500. The van der Waals surface area contributed by atoms with Crippen LogP contribution >= 0.6 is 15.9 Å². The molecule has 0 amide bonds. The van der Waals surface area contributed by atoms with Crippen LogP contribution in [0.1, 0.15) is 25.6 Å². The van der Waals surface area contributed by atoms with Crippen molar-refractivity contribution in [2.45, 2.75) is 25.4 Å². The van der Waals surface area contributed by atoms with E-state index in [9.17, 15) is 5.11 Å². The number of halogens is 1. The van der Waals surface area contributed by atoms with Crippen molar-refractivity contribution in [1.82, 2.24) is 9.97 Å². The minimum atomic E-state index is -1.02. The molecule has 1 aromatic rings. The molecule has 1 saturated carbocycles. The van der Waals surface area contributed by atoms with Gasteiger partial charge in [0.2, 0.25) is 0 Å². The molecule has 5 heteroatoms. The number of nitriles is 1. The van der Waals surface area contributed by atoms with Gasteiger partial charge in [0.25, 0.3) is 0 Å². The zero-order chi connectivity index (χ0) is 11.1. The van der Waals surface area contributed by atoms with Crippen molar-refractivity contribution in [2.24, 2.45) is 5.41 Å². The maximum absolute atomic E-state index is 10.1. The lowest BCUT2D eigenvalue weighted by molar-refractivity contribution is -0.109. The Morgan fingerprint density at radius 1 is 1.47 bits per heavy atom. The highest BCUT2D eigenvalue weighted by atomic mass is 79.9. The van der Waals surface area contributed by atoms with Gasteiger partial charge in [-0.2, -0.15) is 5.26 Å². The lowest BCUT2D eigenvalue weighted by Gasteiger charge is -2.45. The molecule has 0 atom stereocenters. The fourth-order valence-electron chi connectivity index (χ4n) is 2.03. The lowest BCUT2D eigenvalue weighted by Crippen LogP contribution is -2.48. The van der Waals surface area contributed by atoms with Crippen molar-refractivity contribution in [1.29, 1.82) is 5.26 Å². The number of aromatic nitrogens is 2. The molecule has 1 aliphatic rings. The molecule has 2 rings (SSSR count). The Labute approximate surface area is 96.1 Å². The summed E-state index contributed by atoms with van der Waals surface area (Å²) in [5.74, 6) is 0.401. The van der Waals surface area contributed by atoms with Crippen LogP contribution in [-0.2, 0) is 5.60 Å². The molecule has 0 unspecified atom stereocenters. The monoisotopic (exact) mass is 267 g/mol. The Morgan fingerprint density at radius 2 is 2.00 bits per heavy atom. The molecule has 0 saturated heterocycles. The van der Waals surface area contributed by atoms with Gasteiger partial charge in [-0.3, -0.25) is 0 Å². The zero-order valence-corrected chi connectivity index (χ0v) is 9.82. The molecule has 1 aliphatic carbocycles. The first-order chi connectivity index (χ1) is 6.97. The molecule has 1 N–H and O–H groups in total. The molecule has 15 heavy (non-hydrogen) atoms. The normalized spacial score (nSPS) is 34.3. The summed E-state index contributed by atoms with van der Waals surface area (Å²) in [6, 6.07) is 2.19. The Morgan fingerprint density at radius 3 is 2.47 bits per heavy atom. The predicted molar refractivity (Wildman–Crippen MR) is 56.6 cm³/mol. The van der Waals surface area contributed by atoms with E-state index in [1.165, 1.54) is 0 Å². The van der Waals surface area contributed by atoms with Crippen molar-refractivity contribution < 1.29 is 5.11 Å². The van der Waals surface area contributed by atoms with E-state index in [4.69, 9.17) is 5.26 Å². The van der Waals surface area contributed by atoms with E-state index < -0.39 is 11.0 Å². The van der Waals surface area contributed by atoms with Crippen molar-refractivity contribution >= 4 is 15.9 Å². The number of hydrogen-bond acceptors (Lipinski definition) is 4. The molecule has 0 spiro atoms. The smallest absolute Gasteiger partial charge is 0.160 e. The van der Waals surface area contributed by atoms with E-state index in [-0.39, 0.29) is 0 Å². The summed E-state index contributed by atoms with van der Waals surface area (Å²) >= 11 is 3.23. The Balaban J connectivity index is 2.21. The largest absolute Gasteiger partial charge is 0.382 e. The first-order valence-corrected chi connectivity index (χ1v) is 5.38. The van der Waals surface area contributed by atoms with Crippen molar-refractivity contribution in [3.8, 4) is 6.07 Å². The second kappa shape index (κ2) is 3.26. The Kier molecular flexibility index (Phi) is 2.28. The topological polar surface area (TPSA) is 69.8 Å². The van der Waals surface area contributed by atoms with Gasteiger partial charge >= 0.3 is 0 Å². The second-order valence-corrected chi connectivity index (χ2v) is 5.20. The molecule has 1 heterocycles. The highest BCUT2D eigenvalue weighted by molar-refractivity contribution is 9.10. The van der Waals surface area contributed by atoms with Crippen LogP contribution in [0.5, 0.6) is 0 Å². The lowest BCUT2D eigenvalue weighted by atomic mass is 9.60. The Hall–Kier alpha value is -0.990. The van der Waals surface area contributed by atoms with Gasteiger partial charge in [-0.05, 0) is 22.9 Å². The number of nitrogens with zero attached hydrogens (tertiary/aromatic N) is 3. The predicted octanol–water partition coefficient (Wildman–Crippen LogP) is 1.75. The van der Waals surface area contributed by atoms with Gasteiger partial charge in [-0.1, -0.05) is 0 Å². The highest BCUT2D eigenvalue weighted by Gasteiger charge is 2.54. The van der Waals surface area contributed by atoms with Gasteiger partial charge in [0.05, 0.1) is 16.0 Å². The zero-order valence-electron chi connectivity index (χ0n) is 8.24. The molecule has 0 radical (unpaired) electrons. The summed E-state index contributed by atoms with van der Waals surface area (Å²) < 4.78 is 0.775. The molecule has 0 bridgehead atoms. The first kappa shape index (κ1) is 10.5. The summed E-state index contributed by atoms with van der Waals surface area (Å²) in [6.45, 7) is 1.83. The quantitative estimate of drug-likeness (QED) is 0.842. The van der Waals surface area contributed by atoms with Crippen LogP contribution in [0.3, 0.4) is 0 Å². The van der Waals surface area contributed by atoms with Crippen molar-refractivity contribution in [3.63, 3.8) is 0 Å². The summed E-state index contributed by atoms with van der Waals surface area (Å²) in [7, 11) is 0. The Bertz CT molecular complexity index is 417. The maximum atomic E-state index is 10.1. The fourth-order valence-corrected chi connectivity index (χ4v) is 2.23. The molecule has 1 fully saturated rings. The van der Waals surface area contributed by atoms with Crippen molar-refractivity contribution in [3.05, 3.63) is 22.7 Å². The average Bonchev–Trinajstić information content (AvgIpc) is 2.16. The summed E-state index contributed by atoms with van der Waals surface area (Å²) in [4.78, 5) is 8.11. The number of hydrogen-bond donors (Lipinski definition) is 1. The van der Waals surface area contributed by atoms with E-state index in [0.29, 0.717) is 18.7 Å². The molecule has 78 valence electrons. The average molecular weight is 268 g/mol. The third-order valence-electron chi connectivity index (χ3n) is 2.67. The summed E-state index contributed by atoms with van der Waals surface area (Å²) in [5.41, 5.74) is -1.46. The minimum Gasteiger partial charge on any atom is -0.382 e. The van der Waals surface area contributed by atoms with E-state index in [1.807, 2.05) is 6.92 Å². The van der Waals surface area contributed by atoms with Crippen LogP contribution in [0.4, 0.5) is 0 Å². The van der Waals surface area contributed by atoms with Crippen LogP contribution in [0.15, 0.2) is 16.9 Å². The van der Waals surface area contributed by atoms with E-state index in [0.717, 1.165) is 4.47 Å². The molecular formula is C10H10BrN3O. The van der Waals surface area contributed by atoms with Crippen LogP contribution in [0, 0.1) is 16.7 Å². The SMILES string of the molecule is CC1(C#N)CC(O)(c2ncc(Br)cn2)C1. The molecule has 4 nitrogen and oxygen atoms in total. The van der Waals surface area contributed by atoms with Gasteiger partial charge in [0, 0.05) is 25.2 Å². The maximum Gasteiger partial charge on any atom is 0.160 e. The van der Waals surface area contributed by atoms with Crippen LogP contribution in [0.2, 0.25) is 0 Å². The number of aliphatic hydroxyl groups is 1. The summed E-state index contributed by atoms with van der Waals surface area (Å²) in [5, 5.41) is 19.0. The molecular weight excluding hydrogens is 258 g/mol. The summed E-state index contributed by atoms with van der Waals surface area (Å²) in [6.07, 6.45) is 4.00. The van der Waals surface area contributed by atoms with Crippen LogP contribution in [-0.4, -0.2) is 15.1 Å². The molecule has 0 aliphatic heterocycles. The highest BCUT2D eigenvalue weighted by Crippen LogP contribution is 2.52. The van der Waals surface area contributed by atoms with E-state index >= 15 is 0 Å². The van der Waals surface area contributed by atoms with E-state index in [2.05, 4.69) is 32.0 Å². The second-order valence-electron chi connectivity index (χ2n) is 4.28. The van der Waals surface area contributed by atoms with Crippen molar-refractivity contribution in [2.75, 3.05) is 0 Å². The standard InChI is InChI=1S/C10H10BrN3O/c1-9(6-12)4-10(15,5-9)8-13-2-7(11)3-14-8/h2-3,15H,4-5H2,1H3. The van der Waals surface area contributed by atoms with Gasteiger partial charge in [-0.25, -0.2) is 9.97 Å². The minimum absolute atomic E-state index is 0.401. The molecule has 0 aromatic carbocycles. The van der Waals surface area contributed by atoms with Gasteiger partial charge in [0.15, 0.2) is 5.82 Å². The third-order valence-corrected chi connectivity index (χ3v) is 3.08.